The third-order valence-electron chi connectivity index (χ3n) is 6.66. The van der Waals surface area contributed by atoms with Crippen molar-refractivity contribution in [1.29, 1.82) is 0 Å². The second kappa shape index (κ2) is 10.8. The SMILES string of the molecule is CCOC(=O)c1c(NC(=O)CN2CCN([C@H]3CCS(=O)(=O)C3)CC2)sc(C)c1-c1ccc(C)cc1. The first-order chi connectivity index (χ1) is 16.7. The molecule has 35 heavy (non-hydrogen) atoms. The van der Waals surface area contributed by atoms with Gasteiger partial charge in [-0.1, -0.05) is 29.8 Å². The fraction of sp³-hybridized carbons (Fsp3) is 0.520. The van der Waals surface area contributed by atoms with E-state index in [1.54, 1.807) is 6.92 Å². The molecule has 2 fully saturated rings. The second-order valence-corrected chi connectivity index (χ2v) is 12.7. The molecule has 0 saturated carbocycles. The number of piperazine rings is 1. The average molecular weight is 520 g/mol. The van der Waals surface area contributed by atoms with Gasteiger partial charge in [-0.25, -0.2) is 13.2 Å². The second-order valence-electron chi connectivity index (χ2n) is 9.24. The largest absolute Gasteiger partial charge is 0.462 e. The average Bonchev–Trinajstić information content (AvgIpc) is 3.33. The molecule has 1 aromatic carbocycles. The van der Waals surface area contributed by atoms with Crippen LogP contribution in [-0.2, 0) is 19.4 Å². The van der Waals surface area contributed by atoms with Crippen LogP contribution in [-0.4, -0.2) is 87.0 Å². The van der Waals surface area contributed by atoms with Gasteiger partial charge in [0.05, 0.1) is 24.7 Å². The van der Waals surface area contributed by atoms with Gasteiger partial charge >= 0.3 is 5.97 Å². The fourth-order valence-corrected chi connectivity index (χ4v) is 7.66. The zero-order valence-corrected chi connectivity index (χ0v) is 22.1. The summed E-state index contributed by atoms with van der Waals surface area (Å²) in [6.07, 6.45) is 0.695. The van der Waals surface area contributed by atoms with E-state index in [1.165, 1.54) is 11.3 Å². The molecule has 2 aliphatic heterocycles. The Labute approximate surface area is 211 Å². The van der Waals surface area contributed by atoms with Crippen molar-refractivity contribution < 1.29 is 22.7 Å². The molecule has 3 heterocycles. The van der Waals surface area contributed by atoms with Gasteiger partial charge in [0.1, 0.15) is 10.6 Å². The van der Waals surface area contributed by atoms with Gasteiger partial charge in [0.15, 0.2) is 9.84 Å². The number of amides is 1. The number of esters is 1. The van der Waals surface area contributed by atoms with E-state index in [-0.39, 0.29) is 36.6 Å². The van der Waals surface area contributed by atoms with E-state index in [1.807, 2.05) is 38.1 Å². The molecule has 1 N–H and O–H groups in total. The minimum Gasteiger partial charge on any atom is -0.462 e. The maximum atomic E-state index is 12.9. The van der Waals surface area contributed by atoms with E-state index in [2.05, 4.69) is 15.1 Å². The molecule has 0 radical (unpaired) electrons. The Kier molecular flexibility index (Phi) is 7.95. The maximum absolute atomic E-state index is 12.9. The summed E-state index contributed by atoms with van der Waals surface area (Å²) in [5.74, 6) is -0.106. The van der Waals surface area contributed by atoms with Crippen molar-refractivity contribution in [2.45, 2.75) is 33.2 Å². The summed E-state index contributed by atoms with van der Waals surface area (Å²) >= 11 is 1.39. The smallest absolute Gasteiger partial charge is 0.341 e. The van der Waals surface area contributed by atoms with Crippen LogP contribution in [0.2, 0.25) is 0 Å². The number of nitrogens with zero attached hydrogens (tertiary/aromatic N) is 2. The van der Waals surface area contributed by atoms with Crippen molar-refractivity contribution in [3.05, 3.63) is 40.3 Å². The highest BCUT2D eigenvalue weighted by Gasteiger charge is 2.34. The number of nitrogens with one attached hydrogen (secondary N) is 1. The molecular formula is C25H33N3O5S2. The molecule has 10 heteroatoms. The van der Waals surface area contributed by atoms with Crippen LogP contribution >= 0.6 is 11.3 Å². The summed E-state index contributed by atoms with van der Waals surface area (Å²) in [5.41, 5.74) is 3.24. The minimum atomic E-state index is -2.91. The molecule has 190 valence electrons. The van der Waals surface area contributed by atoms with Crippen molar-refractivity contribution in [2.75, 3.05) is 56.2 Å². The maximum Gasteiger partial charge on any atom is 0.341 e. The molecule has 2 saturated heterocycles. The van der Waals surface area contributed by atoms with Crippen LogP contribution in [0.25, 0.3) is 11.1 Å². The van der Waals surface area contributed by atoms with Crippen LogP contribution in [0, 0.1) is 13.8 Å². The number of carbonyl (C=O) groups is 2. The molecule has 1 aromatic heterocycles. The van der Waals surface area contributed by atoms with Crippen LogP contribution in [0.1, 0.15) is 34.1 Å². The van der Waals surface area contributed by atoms with Gasteiger partial charge in [-0.05, 0) is 32.8 Å². The molecule has 2 aromatic rings. The van der Waals surface area contributed by atoms with E-state index in [0.29, 0.717) is 30.1 Å². The van der Waals surface area contributed by atoms with Crippen molar-refractivity contribution in [3.63, 3.8) is 0 Å². The van der Waals surface area contributed by atoms with Gasteiger partial charge < -0.3 is 10.1 Å². The van der Waals surface area contributed by atoms with E-state index in [9.17, 15) is 18.0 Å². The van der Waals surface area contributed by atoms with E-state index < -0.39 is 15.8 Å². The number of benzene rings is 1. The Bertz CT molecular complexity index is 1180. The van der Waals surface area contributed by atoms with E-state index in [0.717, 1.165) is 34.7 Å². The van der Waals surface area contributed by atoms with Crippen LogP contribution in [0.4, 0.5) is 5.00 Å². The van der Waals surface area contributed by atoms with Crippen molar-refractivity contribution in [3.8, 4) is 11.1 Å². The zero-order valence-electron chi connectivity index (χ0n) is 20.5. The summed E-state index contributed by atoms with van der Waals surface area (Å²) in [5, 5.41) is 3.47. The number of ether oxygens (including phenoxy) is 1. The van der Waals surface area contributed by atoms with Crippen molar-refractivity contribution in [2.24, 2.45) is 0 Å². The van der Waals surface area contributed by atoms with Crippen molar-refractivity contribution in [1.82, 2.24) is 9.80 Å². The highest BCUT2D eigenvalue weighted by Crippen LogP contribution is 2.40. The lowest BCUT2D eigenvalue weighted by molar-refractivity contribution is -0.117. The van der Waals surface area contributed by atoms with Gasteiger partial charge in [0, 0.05) is 42.7 Å². The van der Waals surface area contributed by atoms with Crippen LogP contribution in [0.5, 0.6) is 0 Å². The standard InChI is InChI=1S/C25H33N3O5S2/c1-4-33-25(30)23-22(19-7-5-17(2)6-8-19)18(3)34-24(23)26-21(29)15-27-10-12-28(13-11-27)20-9-14-35(31,32)16-20/h5-8,20H,4,9-16H2,1-3H3,(H,26,29)/t20-/m0/s1. The first-order valence-corrected chi connectivity index (χ1v) is 14.6. The first-order valence-electron chi connectivity index (χ1n) is 12.0. The lowest BCUT2D eigenvalue weighted by Gasteiger charge is -2.37. The van der Waals surface area contributed by atoms with E-state index >= 15 is 0 Å². The highest BCUT2D eigenvalue weighted by atomic mass is 32.2. The zero-order chi connectivity index (χ0) is 25.2. The monoisotopic (exact) mass is 519 g/mol. The topological polar surface area (TPSA) is 96.0 Å². The Hall–Kier alpha value is -2.27. The predicted molar refractivity (Wildman–Crippen MR) is 139 cm³/mol. The number of hydrogen-bond donors (Lipinski definition) is 1. The Morgan fingerprint density at radius 2 is 1.80 bits per heavy atom. The number of sulfone groups is 1. The molecule has 2 aliphatic rings. The third-order valence-corrected chi connectivity index (χ3v) is 9.43. The Balaban J connectivity index is 1.43. The minimum absolute atomic E-state index is 0.0948. The molecule has 0 unspecified atom stereocenters. The first kappa shape index (κ1) is 25.8. The number of rotatable bonds is 7. The normalized spacial score (nSPS) is 20.6. The van der Waals surface area contributed by atoms with E-state index in [4.69, 9.17) is 4.74 Å². The quantitative estimate of drug-likeness (QED) is 0.562. The van der Waals surface area contributed by atoms with Gasteiger partial charge in [-0.2, -0.15) is 0 Å². The molecule has 4 rings (SSSR count). The summed E-state index contributed by atoms with van der Waals surface area (Å²) < 4.78 is 28.9. The molecule has 1 amide bonds. The number of aryl methyl sites for hydroxylation is 2. The fourth-order valence-electron chi connectivity index (χ4n) is 4.82. The summed E-state index contributed by atoms with van der Waals surface area (Å²) in [4.78, 5) is 31.1. The lowest BCUT2D eigenvalue weighted by atomic mass is 10.0. The molecule has 8 nitrogen and oxygen atoms in total. The number of hydrogen-bond acceptors (Lipinski definition) is 8. The number of carbonyl (C=O) groups excluding carboxylic acids is 2. The molecule has 0 aliphatic carbocycles. The lowest BCUT2D eigenvalue weighted by Crippen LogP contribution is -2.52. The van der Waals surface area contributed by atoms with Crippen LogP contribution in [0.3, 0.4) is 0 Å². The van der Waals surface area contributed by atoms with Crippen molar-refractivity contribution >= 4 is 38.1 Å². The summed E-state index contributed by atoms with van der Waals surface area (Å²) in [7, 11) is -2.91. The third kappa shape index (κ3) is 6.11. The van der Waals surface area contributed by atoms with Crippen LogP contribution < -0.4 is 5.32 Å². The predicted octanol–water partition coefficient (Wildman–Crippen LogP) is 2.95. The van der Waals surface area contributed by atoms with Gasteiger partial charge in [-0.15, -0.1) is 11.3 Å². The molecule has 1 atom stereocenters. The number of anilines is 1. The highest BCUT2D eigenvalue weighted by molar-refractivity contribution is 7.91. The summed E-state index contributed by atoms with van der Waals surface area (Å²) in [6.45, 7) is 9.09. The molecular weight excluding hydrogens is 486 g/mol. The van der Waals surface area contributed by atoms with Gasteiger partial charge in [0.2, 0.25) is 5.91 Å². The number of thiophene rings is 1. The van der Waals surface area contributed by atoms with Crippen LogP contribution in [0.15, 0.2) is 24.3 Å². The molecule has 0 bridgehead atoms. The Morgan fingerprint density at radius 1 is 1.11 bits per heavy atom. The van der Waals surface area contributed by atoms with Gasteiger partial charge in [0.25, 0.3) is 0 Å². The van der Waals surface area contributed by atoms with Gasteiger partial charge in [-0.3, -0.25) is 14.6 Å². The molecule has 0 spiro atoms. The summed E-state index contributed by atoms with van der Waals surface area (Å²) in [6, 6.07) is 8.06. The Morgan fingerprint density at radius 3 is 2.40 bits per heavy atom.